The van der Waals surface area contributed by atoms with E-state index in [1.807, 2.05) is 6.07 Å². The zero-order valence-electron chi connectivity index (χ0n) is 24.0. The second-order valence-corrected chi connectivity index (χ2v) is 11.1. The smallest absolute Gasteiger partial charge is 0.223 e. The number of ether oxygens (including phenoxy) is 4. The summed E-state index contributed by atoms with van der Waals surface area (Å²) < 4.78 is 22.2. The second kappa shape index (κ2) is 16.9. The van der Waals surface area contributed by atoms with Gasteiger partial charge >= 0.3 is 0 Å². The quantitative estimate of drug-likeness (QED) is 0.264. The Bertz CT molecular complexity index is 777. The number of carbonyl (C=O) groups is 1. The van der Waals surface area contributed by atoms with Crippen LogP contribution in [0, 0.1) is 23.7 Å². The molecule has 1 saturated heterocycles. The molecule has 0 saturated carbocycles. The minimum absolute atomic E-state index is 0.0289. The minimum Gasteiger partial charge on any atom is -0.493 e. The van der Waals surface area contributed by atoms with Gasteiger partial charge in [-0.15, -0.1) is 0 Å². The van der Waals surface area contributed by atoms with Gasteiger partial charge in [-0.25, -0.2) is 0 Å². The molecular formula is C30H51NO6. The van der Waals surface area contributed by atoms with Crippen LogP contribution in [0.25, 0.3) is 0 Å². The number of rotatable bonds is 18. The van der Waals surface area contributed by atoms with E-state index in [9.17, 15) is 9.90 Å². The summed E-state index contributed by atoms with van der Waals surface area (Å²) in [5, 5.41) is 14.0. The molecule has 37 heavy (non-hydrogen) atoms. The highest BCUT2D eigenvalue weighted by molar-refractivity contribution is 5.78. The Morgan fingerprint density at radius 1 is 1.11 bits per heavy atom. The highest BCUT2D eigenvalue weighted by atomic mass is 16.5. The van der Waals surface area contributed by atoms with Crippen LogP contribution in [0.4, 0.5) is 0 Å². The van der Waals surface area contributed by atoms with E-state index in [1.54, 1.807) is 14.2 Å². The average molecular weight is 522 g/mol. The molecule has 0 aliphatic carbocycles. The van der Waals surface area contributed by atoms with Crippen LogP contribution in [0.5, 0.6) is 11.5 Å². The maximum atomic E-state index is 12.9. The number of hydrogen-bond donors (Lipinski definition) is 2. The second-order valence-electron chi connectivity index (χ2n) is 11.1. The molecule has 1 amide bonds. The van der Waals surface area contributed by atoms with E-state index in [0.29, 0.717) is 44.4 Å². The Labute approximate surface area is 224 Å². The summed E-state index contributed by atoms with van der Waals surface area (Å²) >= 11 is 0. The molecule has 0 bridgehead atoms. The normalized spacial score (nSPS) is 18.1. The van der Waals surface area contributed by atoms with Gasteiger partial charge in [0.25, 0.3) is 0 Å². The third-order valence-corrected chi connectivity index (χ3v) is 7.49. The van der Waals surface area contributed by atoms with Gasteiger partial charge in [0.15, 0.2) is 11.5 Å². The minimum atomic E-state index is -0.502. The van der Waals surface area contributed by atoms with Gasteiger partial charge in [0, 0.05) is 39.2 Å². The molecule has 1 heterocycles. The van der Waals surface area contributed by atoms with Gasteiger partial charge in [-0.3, -0.25) is 4.79 Å². The van der Waals surface area contributed by atoms with E-state index in [0.717, 1.165) is 50.2 Å². The largest absolute Gasteiger partial charge is 0.493 e. The molecule has 7 nitrogen and oxygen atoms in total. The Morgan fingerprint density at radius 3 is 2.51 bits per heavy atom. The summed E-state index contributed by atoms with van der Waals surface area (Å²) in [6.07, 6.45) is 5.48. The Hall–Kier alpha value is -1.83. The third-order valence-electron chi connectivity index (χ3n) is 7.49. The molecule has 2 rings (SSSR count). The number of nitrogens with one attached hydrogen (secondary N) is 1. The van der Waals surface area contributed by atoms with Crippen LogP contribution < -0.4 is 14.8 Å². The summed E-state index contributed by atoms with van der Waals surface area (Å²) in [4.78, 5) is 12.9. The molecule has 1 aliphatic rings. The highest BCUT2D eigenvalue weighted by Crippen LogP contribution is 2.32. The first kappa shape index (κ1) is 31.4. The van der Waals surface area contributed by atoms with Gasteiger partial charge in [0.2, 0.25) is 5.91 Å². The Morgan fingerprint density at radius 2 is 1.89 bits per heavy atom. The van der Waals surface area contributed by atoms with Crippen molar-refractivity contribution in [3.05, 3.63) is 23.8 Å². The van der Waals surface area contributed by atoms with Crippen LogP contribution in [0.1, 0.15) is 71.8 Å². The predicted molar refractivity (Wildman–Crippen MR) is 147 cm³/mol. The molecule has 1 aromatic rings. The average Bonchev–Trinajstić information content (AvgIpc) is 3.39. The Kier molecular flexibility index (Phi) is 14.3. The van der Waals surface area contributed by atoms with E-state index < -0.39 is 6.10 Å². The number of benzene rings is 1. The van der Waals surface area contributed by atoms with Crippen LogP contribution in [0.3, 0.4) is 0 Å². The van der Waals surface area contributed by atoms with Gasteiger partial charge in [0.05, 0.1) is 25.9 Å². The number of amides is 1. The van der Waals surface area contributed by atoms with Crippen molar-refractivity contribution >= 4 is 5.91 Å². The molecule has 1 fully saturated rings. The molecule has 0 aromatic heterocycles. The lowest BCUT2D eigenvalue weighted by atomic mass is 9.82. The first-order valence-electron chi connectivity index (χ1n) is 14.1. The summed E-state index contributed by atoms with van der Waals surface area (Å²) in [7, 11) is 3.34. The number of methoxy groups -OCH3 is 2. The van der Waals surface area contributed by atoms with Crippen molar-refractivity contribution in [3.63, 3.8) is 0 Å². The van der Waals surface area contributed by atoms with Crippen LogP contribution in [-0.2, 0) is 20.7 Å². The van der Waals surface area contributed by atoms with Gasteiger partial charge in [-0.1, -0.05) is 33.8 Å². The lowest BCUT2D eigenvalue weighted by molar-refractivity contribution is -0.128. The zero-order valence-corrected chi connectivity index (χ0v) is 24.0. The molecule has 0 spiro atoms. The lowest BCUT2D eigenvalue weighted by Crippen LogP contribution is -2.39. The fourth-order valence-corrected chi connectivity index (χ4v) is 4.97. The molecular weight excluding hydrogens is 470 g/mol. The van der Waals surface area contributed by atoms with Gasteiger partial charge in [0.1, 0.15) is 0 Å². The van der Waals surface area contributed by atoms with E-state index in [-0.39, 0.29) is 23.8 Å². The molecule has 4 atom stereocenters. The molecule has 0 unspecified atom stereocenters. The van der Waals surface area contributed by atoms with Gasteiger partial charge < -0.3 is 29.4 Å². The van der Waals surface area contributed by atoms with E-state index in [2.05, 4.69) is 45.1 Å². The first-order valence-corrected chi connectivity index (χ1v) is 14.1. The number of aliphatic hydroxyl groups excluding tert-OH is 1. The standard InChI is InChI=1S/C30H51NO6/c1-21(2)24(17-23-10-13-28(35-6)29(18-23)37-16-8-14-34-5)11-12-25(32)19-27(22(3)4)30(33)31-20-26-9-7-15-36-26/h10,13,18,21-22,24-27,32H,7-9,11-12,14-17,19-20H2,1-6H3,(H,31,33)/t24-,25-,26-,27+/m1/s1. The van der Waals surface area contributed by atoms with E-state index >= 15 is 0 Å². The molecule has 7 heteroatoms. The molecule has 1 aromatic carbocycles. The van der Waals surface area contributed by atoms with Crippen LogP contribution in [0.2, 0.25) is 0 Å². The molecule has 212 valence electrons. The Balaban J connectivity index is 1.90. The monoisotopic (exact) mass is 521 g/mol. The first-order chi connectivity index (χ1) is 17.7. The fraction of sp³-hybridized carbons (Fsp3) is 0.767. The maximum Gasteiger partial charge on any atom is 0.223 e. The fourth-order valence-electron chi connectivity index (χ4n) is 4.97. The van der Waals surface area contributed by atoms with Crippen LogP contribution in [0.15, 0.2) is 18.2 Å². The van der Waals surface area contributed by atoms with Crippen molar-refractivity contribution in [2.75, 3.05) is 40.6 Å². The van der Waals surface area contributed by atoms with Crippen molar-refractivity contribution in [1.82, 2.24) is 5.32 Å². The van der Waals surface area contributed by atoms with Crippen LogP contribution >= 0.6 is 0 Å². The van der Waals surface area contributed by atoms with Gasteiger partial charge in [-0.05, 0) is 74.0 Å². The maximum absolute atomic E-state index is 12.9. The molecule has 2 N–H and O–H groups in total. The molecule has 0 radical (unpaired) electrons. The SMILES string of the molecule is COCCCOc1cc(C[C@@H](CC[C@@H](O)C[C@H](C(=O)NC[C@H]2CCCO2)C(C)C)C(C)C)ccc1OC. The van der Waals surface area contributed by atoms with Crippen molar-refractivity contribution < 1.29 is 28.8 Å². The lowest BCUT2D eigenvalue weighted by Gasteiger charge is -2.26. The van der Waals surface area contributed by atoms with Crippen molar-refractivity contribution in [1.29, 1.82) is 0 Å². The van der Waals surface area contributed by atoms with E-state index in [4.69, 9.17) is 18.9 Å². The summed E-state index contributed by atoms with van der Waals surface area (Å²) in [6.45, 7) is 11.2. The van der Waals surface area contributed by atoms with Gasteiger partial charge in [-0.2, -0.15) is 0 Å². The predicted octanol–water partition coefficient (Wildman–Crippen LogP) is 5.02. The van der Waals surface area contributed by atoms with Crippen molar-refractivity contribution in [2.45, 2.75) is 84.8 Å². The van der Waals surface area contributed by atoms with Crippen molar-refractivity contribution in [3.8, 4) is 11.5 Å². The third kappa shape index (κ3) is 11.2. The summed E-state index contributed by atoms with van der Waals surface area (Å²) in [5.74, 6) is 2.37. The molecule has 1 aliphatic heterocycles. The summed E-state index contributed by atoms with van der Waals surface area (Å²) in [5.41, 5.74) is 1.20. The number of hydrogen-bond acceptors (Lipinski definition) is 6. The number of carbonyl (C=O) groups excluding carboxylic acids is 1. The topological polar surface area (TPSA) is 86.2 Å². The zero-order chi connectivity index (χ0) is 27.2. The number of aliphatic hydroxyl groups is 1. The van der Waals surface area contributed by atoms with Crippen LogP contribution in [-0.4, -0.2) is 63.8 Å². The van der Waals surface area contributed by atoms with Crippen molar-refractivity contribution in [2.24, 2.45) is 23.7 Å². The van der Waals surface area contributed by atoms with E-state index in [1.165, 1.54) is 5.56 Å². The summed E-state index contributed by atoms with van der Waals surface area (Å²) in [6, 6.07) is 6.14. The highest BCUT2D eigenvalue weighted by Gasteiger charge is 2.27.